The molecule has 0 spiro atoms. The van der Waals surface area contributed by atoms with E-state index >= 15 is 0 Å². The summed E-state index contributed by atoms with van der Waals surface area (Å²) < 4.78 is 5.75. The molecule has 11 heteroatoms. The third-order valence-electron chi connectivity index (χ3n) is 5.19. The molecular weight excluding hydrogens is 446 g/mol. The second kappa shape index (κ2) is 12.2. The maximum absolute atomic E-state index is 12.3. The SMILES string of the molecule is COc1ccc(CCCC(=O)NCC[N+](C)(C)CCNC(=O)c2nc(Cl)c(N)nc2N)cc1. The van der Waals surface area contributed by atoms with E-state index in [1.54, 1.807) is 7.11 Å². The van der Waals surface area contributed by atoms with Gasteiger partial charge in [0.25, 0.3) is 5.91 Å². The molecule has 0 bridgehead atoms. The normalized spacial score (nSPS) is 11.2. The van der Waals surface area contributed by atoms with Crippen LogP contribution in [-0.4, -0.2) is 73.6 Å². The lowest BCUT2D eigenvalue weighted by Gasteiger charge is -2.30. The van der Waals surface area contributed by atoms with Gasteiger partial charge < -0.3 is 31.3 Å². The summed E-state index contributed by atoms with van der Waals surface area (Å²) in [6.45, 7) is 2.31. The lowest BCUT2D eigenvalue weighted by Crippen LogP contribution is -2.49. The van der Waals surface area contributed by atoms with Gasteiger partial charge in [0.2, 0.25) is 5.91 Å². The number of nitrogens with zero attached hydrogens (tertiary/aromatic N) is 3. The van der Waals surface area contributed by atoms with Crippen molar-refractivity contribution in [3.8, 4) is 5.75 Å². The van der Waals surface area contributed by atoms with Gasteiger partial charge in [-0.3, -0.25) is 9.59 Å². The number of quaternary nitrogens is 1. The number of hydrogen-bond acceptors (Lipinski definition) is 7. The summed E-state index contributed by atoms with van der Waals surface area (Å²) in [6.07, 6.45) is 2.10. The molecule has 0 radical (unpaired) electrons. The summed E-state index contributed by atoms with van der Waals surface area (Å²) in [5, 5.41) is 5.66. The first-order chi connectivity index (χ1) is 15.6. The van der Waals surface area contributed by atoms with E-state index in [-0.39, 0.29) is 28.4 Å². The van der Waals surface area contributed by atoms with Crippen molar-refractivity contribution >= 4 is 35.1 Å². The number of aromatic nitrogens is 2. The molecule has 2 rings (SSSR count). The van der Waals surface area contributed by atoms with Crippen LogP contribution in [0.25, 0.3) is 0 Å². The van der Waals surface area contributed by atoms with Gasteiger partial charge in [-0.2, -0.15) is 0 Å². The average molecular weight is 479 g/mol. The first-order valence-corrected chi connectivity index (χ1v) is 11.1. The number of amides is 2. The maximum atomic E-state index is 12.3. The van der Waals surface area contributed by atoms with Crippen molar-refractivity contribution in [1.29, 1.82) is 0 Å². The number of nitrogen functional groups attached to an aromatic ring is 2. The van der Waals surface area contributed by atoms with Gasteiger partial charge in [0.1, 0.15) is 5.75 Å². The van der Waals surface area contributed by atoms with Crippen LogP contribution in [0.5, 0.6) is 5.75 Å². The van der Waals surface area contributed by atoms with Gasteiger partial charge in [0, 0.05) is 6.42 Å². The van der Waals surface area contributed by atoms with Gasteiger partial charge in [-0.15, -0.1) is 0 Å². The zero-order chi connectivity index (χ0) is 24.4. The number of carbonyl (C=O) groups excluding carboxylic acids is 2. The fourth-order valence-electron chi connectivity index (χ4n) is 3.11. The highest BCUT2D eigenvalue weighted by Gasteiger charge is 2.19. The summed E-state index contributed by atoms with van der Waals surface area (Å²) in [5.41, 5.74) is 12.3. The van der Waals surface area contributed by atoms with Gasteiger partial charge >= 0.3 is 0 Å². The number of aryl methyl sites for hydroxylation is 1. The molecule has 33 heavy (non-hydrogen) atoms. The standard InChI is InChI=1S/C22H32ClN7O3/c1-30(2,14-12-27-22(32)18-20(24)29-21(25)19(23)28-18)13-11-26-17(31)6-4-5-15-7-9-16(33-3)10-8-15/h7-10H,4-6,11-14H2,1-3H3,(H5-,24,25,26,27,29,31,32)/p+1. The minimum Gasteiger partial charge on any atom is -0.497 e. The topological polar surface area (TPSA) is 145 Å². The summed E-state index contributed by atoms with van der Waals surface area (Å²) in [7, 11) is 5.69. The molecule has 2 amide bonds. The molecule has 0 aliphatic rings. The second-order valence-corrected chi connectivity index (χ2v) is 8.68. The molecule has 10 nitrogen and oxygen atoms in total. The molecule has 6 N–H and O–H groups in total. The van der Waals surface area contributed by atoms with Crippen LogP contribution in [0.3, 0.4) is 0 Å². The average Bonchev–Trinajstić information content (AvgIpc) is 2.76. The number of halogens is 1. The van der Waals surface area contributed by atoms with Crippen molar-refractivity contribution < 1.29 is 18.8 Å². The van der Waals surface area contributed by atoms with Gasteiger partial charge in [-0.1, -0.05) is 23.7 Å². The lowest BCUT2D eigenvalue weighted by molar-refractivity contribution is -0.887. The van der Waals surface area contributed by atoms with E-state index < -0.39 is 5.91 Å². The zero-order valence-electron chi connectivity index (χ0n) is 19.4. The van der Waals surface area contributed by atoms with Crippen molar-refractivity contribution in [3.05, 3.63) is 40.7 Å². The highest BCUT2D eigenvalue weighted by atomic mass is 35.5. The van der Waals surface area contributed by atoms with E-state index in [2.05, 4.69) is 20.6 Å². The maximum Gasteiger partial charge on any atom is 0.273 e. The van der Waals surface area contributed by atoms with Crippen LogP contribution in [0.4, 0.5) is 11.6 Å². The number of carbonyl (C=O) groups is 2. The van der Waals surface area contributed by atoms with E-state index in [1.165, 1.54) is 5.56 Å². The van der Waals surface area contributed by atoms with Crippen molar-refractivity contribution in [2.75, 3.05) is 58.9 Å². The summed E-state index contributed by atoms with van der Waals surface area (Å²) in [6, 6.07) is 7.87. The first kappa shape index (κ1) is 26.1. The van der Waals surface area contributed by atoms with Crippen LogP contribution < -0.4 is 26.8 Å². The molecule has 0 unspecified atom stereocenters. The number of rotatable bonds is 12. The van der Waals surface area contributed by atoms with Crippen molar-refractivity contribution in [3.63, 3.8) is 0 Å². The summed E-state index contributed by atoms with van der Waals surface area (Å²) in [5.74, 6) is 0.298. The van der Waals surface area contributed by atoms with E-state index in [4.69, 9.17) is 27.8 Å². The molecule has 0 saturated carbocycles. The number of nitrogens with two attached hydrogens (primary N) is 2. The zero-order valence-corrected chi connectivity index (χ0v) is 20.1. The molecule has 0 aliphatic carbocycles. The molecule has 0 atom stereocenters. The predicted octanol–water partition coefficient (Wildman–Crippen LogP) is 1.25. The van der Waals surface area contributed by atoms with Gasteiger partial charge in [0.05, 0.1) is 47.4 Å². The third-order valence-corrected chi connectivity index (χ3v) is 5.47. The minimum absolute atomic E-state index is 0.0219. The molecule has 0 fully saturated rings. The Kier molecular flexibility index (Phi) is 9.68. The summed E-state index contributed by atoms with van der Waals surface area (Å²) >= 11 is 5.82. The third kappa shape index (κ3) is 8.74. The fourth-order valence-corrected chi connectivity index (χ4v) is 3.23. The molecule has 1 heterocycles. The monoisotopic (exact) mass is 478 g/mol. The Labute approximate surface area is 199 Å². The Hall–Kier alpha value is -3.11. The molecule has 2 aromatic rings. The number of ether oxygens (including phenoxy) is 1. The smallest absolute Gasteiger partial charge is 0.273 e. The number of methoxy groups -OCH3 is 1. The number of likely N-dealkylation sites (N-methyl/N-ethyl adjacent to an activating group) is 1. The predicted molar refractivity (Wildman–Crippen MR) is 129 cm³/mol. The fraction of sp³-hybridized carbons (Fsp3) is 0.455. The highest BCUT2D eigenvalue weighted by molar-refractivity contribution is 6.31. The number of nitrogens with one attached hydrogen (secondary N) is 2. The molecular formula is C22H33ClN7O3+. The number of anilines is 2. The molecule has 0 aliphatic heterocycles. The van der Waals surface area contributed by atoms with Crippen molar-refractivity contribution in [2.45, 2.75) is 19.3 Å². The van der Waals surface area contributed by atoms with Gasteiger partial charge in [-0.05, 0) is 30.5 Å². The lowest BCUT2D eigenvalue weighted by atomic mass is 10.1. The van der Waals surface area contributed by atoms with E-state index in [0.717, 1.165) is 25.1 Å². The highest BCUT2D eigenvalue weighted by Crippen LogP contribution is 2.17. The van der Waals surface area contributed by atoms with Crippen LogP contribution in [0.2, 0.25) is 5.15 Å². The van der Waals surface area contributed by atoms with Crippen LogP contribution in [0.15, 0.2) is 24.3 Å². The quantitative estimate of drug-likeness (QED) is 0.336. The Morgan fingerprint density at radius 2 is 1.67 bits per heavy atom. The first-order valence-electron chi connectivity index (χ1n) is 10.7. The molecule has 180 valence electrons. The Morgan fingerprint density at radius 3 is 2.30 bits per heavy atom. The Bertz CT molecular complexity index is 952. The largest absolute Gasteiger partial charge is 0.497 e. The Balaban J connectivity index is 1.65. The second-order valence-electron chi connectivity index (χ2n) is 8.32. The summed E-state index contributed by atoms with van der Waals surface area (Å²) in [4.78, 5) is 32.1. The molecule has 1 aromatic heterocycles. The van der Waals surface area contributed by atoms with Crippen LogP contribution >= 0.6 is 11.6 Å². The van der Waals surface area contributed by atoms with Crippen molar-refractivity contribution in [2.24, 2.45) is 0 Å². The van der Waals surface area contributed by atoms with Crippen molar-refractivity contribution in [1.82, 2.24) is 20.6 Å². The van der Waals surface area contributed by atoms with E-state index in [0.29, 0.717) is 30.5 Å². The van der Waals surface area contributed by atoms with Gasteiger partial charge in [0.15, 0.2) is 22.5 Å². The van der Waals surface area contributed by atoms with E-state index in [1.807, 2.05) is 38.4 Å². The van der Waals surface area contributed by atoms with Crippen LogP contribution in [0, 0.1) is 0 Å². The minimum atomic E-state index is -0.466. The van der Waals surface area contributed by atoms with E-state index in [9.17, 15) is 9.59 Å². The van der Waals surface area contributed by atoms with Crippen LogP contribution in [0.1, 0.15) is 28.9 Å². The van der Waals surface area contributed by atoms with Crippen LogP contribution in [-0.2, 0) is 11.2 Å². The number of benzene rings is 1. The number of hydrogen-bond donors (Lipinski definition) is 4. The van der Waals surface area contributed by atoms with Gasteiger partial charge in [-0.25, -0.2) is 9.97 Å². The molecule has 0 saturated heterocycles. The molecule has 1 aromatic carbocycles. The Morgan fingerprint density at radius 1 is 1.03 bits per heavy atom.